The molecule has 1 saturated heterocycles. The maximum absolute atomic E-state index is 13.0. The number of likely N-dealkylation sites (N-methyl/N-ethyl adjacent to an activating group) is 1. The first kappa shape index (κ1) is 26.0. The zero-order valence-corrected chi connectivity index (χ0v) is 19.5. The van der Waals surface area contributed by atoms with Crippen molar-refractivity contribution in [2.24, 2.45) is 5.92 Å². The Morgan fingerprint density at radius 3 is 2.54 bits per heavy atom. The second kappa shape index (κ2) is 11.2. The van der Waals surface area contributed by atoms with E-state index in [1.807, 2.05) is 0 Å². The summed E-state index contributed by atoms with van der Waals surface area (Å²) < 4.78 is 44.1. The quantitative estimate of drug-likeness (QED) is 0.593. The van der Waals surface area contributed by atoms with Gasteiger partial charge in [-0.3, -0.25) is 14.4 Å². The molecule has 2 aromatic rings. The van der Waals surface area contributed by atoms with Gasteiger partial charge in [0.25, 0.3) is 5.91 Å². The highest BCUT2D eigenvalue weighted by Gasteiger charge is 2.31. The van der Waals surface area contributed by atoms with Gasteiger partial charge in [-0.05, 0) is 50.1 Å². The van der Waals surface area contributed by atoms with Gasteiger partial charge in [0.1, 0.15) is 5.82 Å². The van der Waals surface area contributed by atoms with Crippen LogP contribution in [0.15, 0.2) is 42.6 Å². The standard InChI is InChI=1S/C24H27F3N4O4/c1-3-35-23(34)16-9-12-31(13-10-16)20(32)15-30(2)22(33)19-8-5-11-28-21(19)29-18-7-4-6-17(14-18)24(25,26)27/h4-8,11,14,16H,3,9-10,12-13,15H2,1-2H3,(H,28,29). The number of halogens is 3. The van der Waals surface area contributed by atoms with Crippen LogP contribution in [-0.4, -0.2) is 65.9 Å². The van der Waals surface area contributed by atoms with Crippen molar-refractivity contribution in [3.63, 3.8) is 0 Å². The fourth-order valence-electron chi connectivity index (χ4n) is 3.79. The van der Waals surface area contributed by atoms with E-state index >= 15 is 0 Å². The van der Waals surface area contributed by atoms with Crippen LogP contribution in [0.2, 0.25) is 0 Å². The summed E-state index contributed by atoms with van der Waals surface area (Å²) in [6.45, 7) is 2.63. The number of anilines is 2. The number of benzene rings is 1. The number of pyridine rings is 1. The molecule has 3 rings (SSSR count). The average Bonchev–Trinajstić information content (AvgIpc) is 2.84. The van der Waals surface area contributed by atoms with Gasteiger partial charge in [0, 0.05) is 32.0 Å². The van der Waals surface area contributed by atoms with Crippen molar-refractivity contribution in [3.05, 3.63) is 53.7 Å². The van der Waals surface area contributed by atoms with E-state index in [1.165, 1.54) is 42.4 Å². The Hall–Kier alpha value is -3.63. The number of esters is 1. The second-order valence-electron chi connectivity index (χ2n) is 8.17. The zero-order valence-electron chi connectivity index (χ0n) is 19.5. The van der Waals surface area contributed by atoms with Gasteiger partial charge in [-0.2, -0.15) is 13.2 Å². The molecule has 1 aromatic carbocycles. The van der Waals surface area contributed by atoms with E-state index in [4.69, 9.17) is 4.74 Å². The van der Waals surface area contributed by atoms with Crippen molar-refractivity contribution in [2.75, 3.05) is 38.6 Å². The highest BCUT2D eigenvalue weighted by molar-refractivity contribution is 6.00. The van der Waals surface area contributed by atoms with Gasteiger partial charge in [0.15, 0.2) is 0 Å². The van der Waals surface area contributed by atoms with Crippen LogP contribution in [0.3, 0.4) is 0 Å². The van der Waals surface area contributed by atoms with Crippen LogP contribution in [-0.2, 0) is 20.5 Å². The molecule has 1 aliphatic rings. The van der Waals surface area contributed by atoms with E-state index in [0.29, 0.717) is 32.5 Å². The van der Waals surface area contributed by atoms with E-state index in [1.54, 1.807) is 11.8 Å². The van der Waals surface area contributed by atoms with Gasteiger partial charge in [0.2, 0.25) is 5.91 Å². The molecule has 1 fully saturated rings. The number of piperidine rings is 1. The molecule has 0 aliphatic carbocycles. The summed E-state index contributed by atoms with van der Waals surface area (Å²) in [4.78, 5) is 44.6. The number of nitrogens with one attached hydrogen (secondary N) is 1. The molecule has 1 aliphatic heterocycles. The monoisotopic (exact) mass is 492 g/mol. The summed E-state index contributed by atoms with van der Waals surface area (Å²) in [5.41, 5.74) is -0.599. The maximum atomic E-state index is 13.0. The van der Waals surface area contributed by atoms with Crippen LogP contribution < -0.4 is 5.32 Å². The summed E-state index contributed by atoms with van der Waals surface area (Å²) in [7, 11) is 1.46. The molecular weight excluding hydrogens is 465 g/mol. The summed E-state index contributed by atoms with van der Waals surface area (Å²) in [5, 5.41) is 2.77. The third-order valence-electron chi connectivity index (χ3n) is 5.68. The Kier molecular flexibility index (Phi) is 8.31. The molecule has 2 amide bonds. The van der Waals surface area contributed by atoms with E-state index < -0.39 is 17.6 Å². The Morgan fingerprint density at radius 2 is 1.89 bits per heavy atom. The van der Waals surface area contributed by atoms with Gasteiger partial charge in [-0.15, -0.1) is 0 Å². The lowest BCUT2D eigenvalue weighted by atomic mass is 9.97. The molecule has 0 spiro atoms. The number of amides is 2. The van der Waals surface area contributed by atoms with Crippen molar-refractivity contribution in [3.8, 4) is 0 Å². The van der Waals surface area contributed by atoms with Gasteiger partial charge >= 0.3 is 12.1 Å². The van der Waals surface area contributed by atoms with Crippen molar-refractivity contribution in [1.82, 2.24) is 14.8 Å². The third kappa shape index (κ3) is 6.71. The van der Waals surface area contributed by atoms with E-state index in [9.17, 15) is 27.6 Å². The molecule has 2 heterocycles. The largest absolute Gasteiger partial charge is 0.466 e. The number of ether oxygens (including phenoxy) is 1. The van der Waals surface area contributed by atoms with Gasteiger partial charge in [0.05, 0.1) is 30.2 Å². The lowest BCUT2D eigenvalue weighted by Gasteiger charge is -2.32. The first-order chi connectivity index (χ1) is 16.6. The van der Waals surface area contributed by atoms with Gasteiger partial charge in [-0.25, -0.2) is 4.98 Å². The summed E-state index contributed by atoms with van der Waals surface area (Å²) in [5.74, 6) is -1.20. The maximum Gasteiger partial charge on any atom is 0.416 e. The second-order valence-corrected chi connectivity index (χ2v) is 8.17. The molecule has 0 saturated carbocycles. The van der Waals surface area contributed by atoms with Crippen molar-refractivity contribution >= 4 is 29.3 Å². The normalized spacial score (nSPS) is 14.4. The molecule has 0 unspecified atom stereocenters. The fraction of sp³-hybridized carbons (Fsp3) is 0.417. The van der Waals surface area contributed by atoms with Gasteiger partial charge in [-0.1, -0.05) is 6.07 Å². The molecule has 1 N–H and O–H groups in total. The first-order valence-electron chi connectivity index (χ1n) is 11.2. The molecule has 11 heteroatoms. The minimum absolute atomic E-state index is 0.0753. The molecule has 0 atom stereocenters. The SMILES string of the molecule is CCOC(=O)C1CCN(C(=O)CN(C)C(=O)c2cccnc2Nc2cccc(C(F)(F)F)c2)CC1. The molecule has 0 bridgehead atoms. The minimum Gasteiger partial charge on any atom is -0.466 e. The molecule has 0 radical (unpaired) electrons. The molecular formula is C24H27F3N4O4. The van der Waals surface area contributed by atoms with Crippen molar-refractivity contribution in [1.29, 1.82) is 0 Å². The fourth-order valence-corrected chi connectivity index (χ4v) is 3.79. The molecule has 188 valence electrons. The number of aromatic nitrogens is 1. The van der Waals surface area contributed by atoms with E-state index in [-0.39, 0.29) is 41.4 Å². The number of alkyl halides is 3. The lowest BCUT2D eigenvalue weighted by molar-refractivity contribution is -0.151. The summed E-state index contributed by atoms with van der Waals surface area (Å²) in [6.07, 6.45) is -2.11. The highest BCUT2D eigenvalue weighted by atomic mass is 19.4. The number of carbonyl (C=O) groups excluding carboxylic acids is 3. The van der Waals surface area contributed by atoms with Crippen LogP contribution in [0, 0.1) is 5.92 Å². The van der Waals surface area contributed by atoms with E-state index in [2.05, 4.69) is 10.3 Å². The Labute approximate surface area is 201 Å². The Bertz CT molecular complexity index is 1070. The van der Waals surface area contributed by atoms with Crippen molar-refractivity contribution < 1.29 is 32.3 Å². The number of hydrogen-bond donors (Lipinski definition) is 1. The number of likely N-dealkylation sites (tertiary alicyclic amines) is 1. The summed E-state index contributed by atoms with van der Waals surface area (Å²) >= 11 is 0. The van der Waals surface area contributed by atoms with Crippen LogP contribution in [0.1, 0.15) is 35.7 Å². The summed E-state index contributed by atoms with van der Waals surface area (Å²) in [6, 6.07) is 7.58. The lowest BCUT2D eigenvalue weighted by Crippen LogP contribution is -2.45. The Balaban J connectivity index is 1.64. The number of carbonyl (C=O) groups is 3. The zero-order chi connectivity index (χ0) is 25.6. The van der Waals surface area contributed by atoms with Crippen LogP contribution in [0.25, 0.3) is 0 Å². The molecule has 1 aromatic heterocycles. The van der Waals surface area contributed by atoms with Crippen LogP contribution in [0.5, 0.6) is 0 Å². The molecule has 35 heavy (non-hydrogen) atoms. The predicted molar refractivity (Wildman–Crippen MR) is 122 cm³/mol. The first-order valence-corrected chi connectivity index (χ1v) is 11.2. The Morgan fingerprint density at radius 1 is 1.17 bits per heavy atom. The van der Waals surface area contributed by atoms with Crippen LogP contribution in [0.4, 0.5) is 24.7 Å². The number of nitrogens with zero attached hydrogens (tertiary/aromatic N) is 3. The topological polar surface area (TPSA) is 91.8 Å². The smallest absolute Gasteiger partial charge is 0.416 e. The van der Waals surface area contributed by atoms with Gasteiger partial charge < -0.3 is 19.9 Å². The van der Waals surface area contributed by atoms with Crippen LogP contribution >= 0.6 is 0 Å². The third-order valence-corrected chi connectivity index (χ3v) is 5.68. The number of hydrogen-bond acceptors (Lipinski definition) is 6. The number of rotatable bonds is 7. The highest BCUT2D eigenvalue weighted by Crippen LogP contribution is 2.31. The predicted octanol–water partition coefficient (Wildman–Crippen LogP) is 3.72. The average molecular weight is 492 g/mol. The minimum atomic E-state index is -4.51. The molecule has 8 nitrogen and oxygen atoms in total. The van der Waals surface area contributed by atoms with Crippen molar-refractivity contribution in [2.45, 2.75) is 25.9 Å². The van der Waals surface area contributed by atoms with E-state index in [0.717, 1.165) is 12.1 Å².